The van der Waals surface area contributed by atoms with Gasteiger partial charge in [0.15, 0.2) is 0 Å². The van der Waals surface area contributed by atoms with Crippen molar-refractivity contribution in [3.8, 4) is 0 Å². The lowest BCUT2D eigenvalue weighted by Crippen LogP contribution is -2.51. The van der Waals surface area contributed by atoms with Crippen LogP contribution in [0.1, 0.15) is 51.9 Å². The van der Waals surface area contributed by atoms with Crippen LogP contribution in [0, 0.1) is 11.3 Å². The first kappa shape index (κ1) is 14.2. The Hall–Kier alpha value is -0.900. The summed E-state index contributed by atoms with van der Waals surface area (Å²) >= 11 is 0. The van der Waals surface area contributed by atoms with Gasteiger partial charge < -0.3 is 10.6 Å². The molecule has 1 aliphatic rings. The molecule has 0 bridgehead atoms. The summed E-state index contributed by atoms with van der Waals surface area (Å²) < 4.78 is 0. The number of rotatable bonds is 5. The largest absolute Gasteiger partial charge is 0.318 e. The lowest BCUT2D eigenvalue weighted by atomic mass is 9.82. The van der Waals surface area contributed by atoms with E-state index in [1.807, 2.05) is 0 Å². The molecule has 0 aromatic rings. The van der Waals surface area contributed by atoms with E-state index in [0.717, 1.165) is 18.7 Å². The van der Waals surface area contributed by atoms with E-state index in [1.54, 1.807) is 14.0 Å². The highest BCUT2D eigenvalue weighted by Crippen LogP contribution is 2.29. The minimum Gasteiger partial charge on any atom is -0.318 e. The molecular formula is C13H25N3O. The summed E-state index contributed by atoms with van der Waals surface area (Å²) in [4.78, 5) is 13.2. The summed E-state index contributed by atoms with van der Waals surface area (Å²) in [6.45, 7) is 1.78. The van der Waals surface area contributed by atoms with Crippen molar-refractivity contribution in [1.29, 1.82) is 5.41 Å². The summed E-state index contributed by atoms with van der Waals surface area (Å²) in [5, 5.41) is 7.07. The van der Waals surface area contributed by atoms with Gasteiger partial charge in [-0.3, -0.25) is 10.2 Å². The molecular weight excluding hydrogens is 214 g/mol. The zero-order chi connectivity index (χ0) is 12.9. The maximum atomic E-state index is 11.9. The molecule has 1 amide bonds. The molecule has 1 atom stereocenters. The number of carbonyl (C=O) groups excluding carboxylic acids is 1. The predicted molar refractivity (Wildman–Crippen MR) is 70.0 cm³/mol. The SMILES string of the molecule is CN(C=N)C(=O)[C@](C)(N)CCC1CCCCC1. The first-order chi connectivity index (χ1) is 7.97. The first-order valence-electron chi connectivity index (χ1n) is 6.54. The van der Waals surface area contributed by atoms with Crippen molar-refractivity contribution >= 4 is 12.2 Å². The van der Waals surface area contributed by atoms with Gasteiger partial charge in [-0.25, -0.2) is 0 Å². The lowest BCUT2D eigenvalue weighted by Gasteiger charge is -2.29. The van der Waals surface area contributed by atoms with Gasteiger partial charge in [0, 0.05) is 7.05 Å². The quantitative estimate of drug-likeness (QED) is 0.570. The monoisotopic (exact) mass is 239 g/mol. The third-order valence-electron chi connectivity index (χ3n) is 3.80. The standard InChI is InChI=1S/C13H25N3O/c1-13(15,12(17)16(2)10-14)9-8-11-6-4-3-5-7-11/h10-11,14H,3-9,15H2,1-2H3/t13-/m1/s1. The number of carbonyl (C=O) groups is 1. The van der Waals surface area contributed by atoms with Crippen molar-refractivity contribution in [2.45, 2.75) is 57.4 Å². The summed E-state index contributed by atoms with van der Waals surface area (Å²) in [6.07, 6.45) is 9.33. The van der Waals surface area contributed by atoms with Gasteiger partial charge in [0.05, 0.1) is 11.9 Å². The number of likely N-dealkylation sites (N-methyl/N-ethyl adjacent to an activating group) is 1. The van der Waals surface area contributed by atoms with E-state index in [0.29, 0.717) is 6.42 Å². The van der Waals surface area contributed by atoms with E-state index in [4.69, 9.17) is 11.1 Å². The highest BCUT2D eigenvalue weighted by Gasteiger charge is 2.31. The molecule has 1 rings (SSSR count). The molecule has 98 valence electrons. The van der Waals surface area contributed by atoms with Crippen molar-refractivity contribution < 1.29 is 4.79 Å². The molecule has 0 unspecified atom stereocenters. The Morgan fingerprint density at radius 1 is 1.47 bits per heavy atom. The number of hydrogen-bond acceptors (Lipinski definition) is 3. The van der Waals surface area contributed by atoms with Crippen LogP contribution in [0.3, 0.4) is 0 Å². The van der Waals surface area contributed by atoms with Gasteiger partial charge in [-0.2, -0.15) is 0 Å². The number of nitrogens with one attached hydrogen (secondary N) is 1. The van der Waals surface area contributed by atoms with Crippen LogP contribution in [0.5, 0.6) is 0 Å². The Labute approximate surface area is 104 Å². The van der Waals surface area contributed by atoms with Crippen molar-refractivity contribution in [2.75, 3.05) is 7.05 Å². The van der Waals surface area contributed by atoms with Gasteiger partial charge in [0.1, 0.15) is 0 Å². The van der Waals surface area contributed by atoms with E-state index in [1.165, 1.54) is 37.0 Å². The van der Waals surface area contributed by atoms with E-state index in [9.17, 15) is 4.79 Å². The molecule has 0 spiro atoms. The molecule has 0 saturated heterocycles. The molecule has 1 aliphatic carbocycles. The third kappa shape index (κ3) is 4.11. The maximum Gasteiger partial charge on any atom is 0.247 e. The van der Waals surface area contributed by atoms with Crippen LogP contribution in [-0.4, -0.2) is 29.7 Å². The average Bonchev–Trinajstić information content (AvgIpc) is 2.36. The fourth-order valence-electron chi connectivity index (χ4n) is 2.55. The number of hydrogen-bond donors (Lipinski definition) is 2. The minimum absolute atomic E-state index is 0.164. The van der Waals surface area contributed by atoms with Gasteiger partial charge >= 0.3 is 0 Å². The predicted octanol–water partition coefficient (Wildman–Crippen LogP) is 2.13. The van der Waals surface area contributed by atoms with Gasteiger partial charge in [-0.15, -0.1) is 0 Å². The summed E-state index contributed by atoms with van der Waals surface area (Å²) in [5.41, 5.74) is 5.23. The molecule has 17 heavy (non-hydrogen) atoms. The van der Waals surface area contributed by atoms with Crippen molar-refractivity contribution in [3.05, 3.63) is 0 Å². The second kappa shape index (κ2) is 6.15. The van der Waals surface area contributed by atoms with Crippen molar-refractivity contribution in [2.24, 2.45) is 11.7 Å². The number of nitrogens with zero attached hydrogens (tertiary/aromatic N) is 1. The molecule has 0 heterocycles. The van der Waals surface area contributed by atoms with Crippen molar-refractivity contribution in [3.63, 3.8) is 0 Å². The summed E-state index contributed by atoms with van der Waals surface area (Å²) in [7, 11) is 1.58. The van der Waals surface area contributed by atoms with Gasteiger partial charge in [0.2, 0.25) is 5.91 Å². The molecule has 1 saturated carbocycles. The van der Waals surface area contributed by atoms with Gasteiger partial charge in [-0.1, -0.05) is 32.1 Å². The number of nitrogens with two attached hydrogens (primary N) is 1. The van der Waals surface area contributed by atoms with Crippen LogP contribution < -0.4 is 5.73 Å². The Balaban J connectivity index is 2.42. The topological polar surface area (TPSA) is 70.2 Å². The molecule has 0 aliphatic heterocycles. The van der Waals surface area contributed by atoms with E-state index in [2.05, 4.69) is 0 Å². The molecule has 4 heteroatoms. The van der Waals surface area contributed by atoms with Gasteiger partial charge in [0.25, 0.3) is 0 Å². The summed E-state index contributed by atoms with van der Waals surface area (Å²) in [5.74, 6) is 0.577. The second-order valence-electron chi connectivity index (χ2n) is 5.51. The summed E-state index contributed by atoms with van der Waals surface area (Å²) in [6, 6.07) is 0. The molecule has 0 radical (unpaired) electrons. The zero-order valence-corrected chi connectivity index (χ0v) is 11.0. The Bertz CT molecular complexity index is 270. The smallest absolute Gasteiger partial charge is 0.247 e. The first-order valence-corrected chi connectivity index (χ1v) is 6.54. The average molecular weight is 239 g/mol. The Kier molecular flexibility index (Phi) is 5.12. The molecule has 1 fully saturated rings. The van der Waals surface area contributed by atoms with E-state index >= 15 is 0 Å². The Morgan fingerprint density at radius 3 is 2.59 bits per heavy atom. The lowest BCUT2D eigenvalue weighted by molar-refractivity contribution is -0.131. The van der Waals surface area contributed by atoms with Crippen LogP contribution in [0.25, 0.3) is 0 Å². The third-order valence-corrected chi connectivity index (χ3v) is 3.80. The van der Waals surface area contributed by atoms with Crippen LogP contribution in [0.4, 0.5) is 0 Å². The molecule has 0 aromatic carbocycles. The fraction of sp³-hybridized carbons (Fsp3) is 0.846. The highest BCUT2D eigenvalue weighted by molar-refractivity contribution is 5.93. The highest BCUT2D eigenvalue weighted by atomic mass is 16.2. The molecule has 3 N–H and O–H groups in total. The second-order valence-corrected chi connectivity index (χ2v) is 5.51. The maximum absolute atomic E-state index is 11.9. The van der Waals surface area contributed by atoms with Crippen LogP contribution in [-0.2, 0) is 4.79 Å². The zero-order valence-electron chi connectivity index (χ0n) is 11.0. The fourth-order valence-corrected chi connectivity index (χ4v) is 2.55. The minimum atomic E-state index is -0.830. The normalized spacial score (nSPS) is 20.6. The number of amides is 1. The molecule has 0 aromatic heterocycles. The molecule has 4 nitrogen and oxygen atoms in total. The van der Waals surface area contributed by atoms with Crippen LogP contribution in [0.15, 0.2) is 0 Å². The van der Waals surface area contributed by atoms with Crippen molar-refractivity contribution in [1.82, 2.24) is 4.90 Å². The van der Waals surface area contributed by atoms with Gasteiger partial charge in [-0.05, 0) is 25.7 Å². The Morgan fingerprint density at radius 2 is 2.06 bits per heavy atom. The van der Waals surface area contributed by atoms with Crippen LogP contribution in [0.2, 0.25) is 0 Å². The van der Waals surface area contributed by atoms with E-state index in [-0.39, 0.29) is 5.91 Å². The van der Waals surface area contributed by atoms with E-state index < -0.39 is 5.54 Å². The van der Waals surface area contributed by atoms with Crippen LogP contribution >= 0.6 is 0 Å².